The van der Waals surface area contributed by atoms with Gasteiger partial charge in [0.1, 0.15) is 11.6 Å². The lowest BCUT2D eigenvalue weighted by atomic mass is 9.88. The van der Waals surface area contributed by atoms with Crippen molar-refractivity contribution in [2.45, 2.75) is 25.7 Å². The summed E-state index contributed by atoms with van der Waals surface area (Å²) >= 11 is 0. The van der Waals surface area contributed by atoms with Gasteiger partial charge in [0.05, 0.1) is 0 Å². The van der Waals surface area contributed by atoms with Gasteiger partial charge in [0.2, 0.25) is 0 Å². The van der Waals surface area contributed by atoms with E-state index in [1.807, 2.05) is 218 Å². The highest BCUT2D eigenvalue weighted by Crippen LogP contribution is 2.51. The Morgan fingerprint density at radius 1 is 0.191 bits per heavy atom. The predicted molar refractivity (Wildman–Crippen MR) is 274 cm³/mol. The van der Waals surface area contributed by atoms with Crippen LogP contribution in [-0.2, 0) is 44.9 Å². The van der Waals surface area contributed by atoms with E-state index in [-0.39, 0.29) is 48.8 Å². The van der Waals surface area contributed by atoms with Crippen LogP contribution in [0.15, 0.2) is 218 Å². The maximum Gasteiger partial charge on any atom is 0.195 e. The van der Waals surface area contributed by atoms with E-state index in [0.29, 0.717) is 22.3 Å². The topological polar surface area (TPSA) is 68.3 Å². The molecule has 0 aromatic heterocycles. The Labute approximate surface area is 396 Å². The second kappa shape index (κ2) is 18.0. The summed E-state index contributed by atoms with van der Waals surface area (Å²) in [5.74, 6) is -0.0481. The molecule has 0 fully saturated rings. The molecule has 0 atom stereocenters. The van der Waals surface area contributed by atoms with Crippen molar-refractivity contribution in [3.05, 3.63) is 285 Å². The number of rotatable bonds is 4. The highest BCUT2D eigenvalue weighted by Gasteiger charge is 2.37. The molecule has 0 radical (unpaired) electrons. The summed E-state index contributed by atoms with van der Waals surface area (Å²) in [4.78, 5) is 57.7. The predicted octanol–water partition coefficient (Wildman–Crippen LogP) is 12.9. The first-order valence-corrected chi connectivity index (χ1v) is 23.1. The summed E-state index contributed by atoms with van der Waals surface area (Å²) in [5.41, 5.74) is 16.0. The summed E-state index contributed by atoms with van der Waals surface area (Å²) in [6.45, 7) is 0. The molecule has 0 unspecified atom stereocenters. The number of carbonyl (C=O) groups is 4. The van der Waals surface area contributed by atoms with Crippen molar-refractivity contribution in [3.8, 4) is 0 Å². The smallest absolute Gasteiger partial charge is 0.195 e. The van der Waals surface area contributed by atoms with Gasteiger partial charge in [-0.15, -0.1) is 0 Å². The van der Waals surface area contributed by atoms with Crippen LogP contribution in [0.1, 0.15) is 66.8 Å². The number of Topliss-reactive ketones (excluding diaryl/α,β-unsaturated/α-hetero) is 4. The summed E-state index contributed by atoms with van der Waals surface area (Å²) < 4.78 is 0. The molecule has 9 aliphatic rings. The second-order valence-corrected chi connectivity index (χ2v) is 17.7. The molecule has 9 aliphatic carbocycles. The zero-order chi connectivity index (χ0) is 46.1. The van der Waals surface area contributed by atoms with Crippen molar-refractivity contribution in [3.63, 3.8) is 0 Å². The molecule has 12 bridgehead atoms. The van der Waals surface area contributed by atoms with E-state index in [0.717, 1.165) is 89.1 Å². The number of carbonyl (C=O) groups excluding carboxylic acids is 4. The molecule has 4 nitrogen and oxygen atoms in total. The van der Waals surface area contributed by atoms with Crippen LogP contribution in [0.5, 0.6) is 0 Å². The van der Waals surface area contributed by atoms with Crippen molar-refractivity contribution in [2.75, 3.05) is 0 Å². The highest BCUT2D eigenvalue weighted by atomic mass is 16.1. The van der Waals surface area contributed by atoms with Crippen molar-refractivity contribution in [1.29, 1.82) is 0 Å². The van der Waals surface area contributed by atoms with Crippen molar-refractivity contribution in [1.82, 2.24) is 0 Å². The average Bonchev–Trinajstić information content (AvgIpc) is 3.86. The minimum Gasteiger partial charge on any atom is -0.299 e. The fourth-order valence-corrected chi connectivity index (χ4v) is 10.1. The number of allylic oxidation sites excluding steroid dienone is 8. The fraction of sp³-hybridized carbons (Fsp3) is 0.0625. The van der Waals surface area contributed by atoms with Gasteiger partial charge in [0.25, 0.3) is 0 Å². The van der Waals surface area contributed by atoms with E-state index < -0.39 is 0 Å². The maximum atomic E-state index is 15.1. The van der Waals surface area contributed by atoms with Crippen molar-refractivity contribution < 1.29 is 19.2 Å². The number of hydrogen-bond acceptors (Lipinski definition) is 4. The number of ketones is 4. The Bertz CT molecular complexity index is 2950. The lowest BCUT2D eigenvalue weighted by molar-refractivity contribution is -0.118. The van der Waals surface area contributed by atoms with Gasteiger partial charge in [-0.05, 0) is 66.8 Å². The van der Waals surface area contributed by atoms with Gasteiger partial charge in [0.15, 0.2) is 11.6 Å². The molecule has 8 aromatic rings. The van der Waals surface area contributed by atoms with Crippen LogP contribution < -0.4 is 0 Å². The molecule has 4 heteroatoms. The normalized spacial score (nSPS) is 15.3. The first-order valence-electron chi connectivity index (χ1n) is 23.1. The lowest BCUT2D eigenvalue weighted by Crippen LogP contribution is -2.08. The summed E-state index contributed by atoms with van der Waals surface area (Å²) in [5, 5.41) is 0. The van der Waals surface area contributed by atoms with E-state index >= 15 is 9.59 Å². The van der Waals surface area contributed by atoms with Crippen LogP contribution in [0.2, 0.25) is 0 Å². The first-order chi connectivity index (χ1) is 33.4. The zero-order valence-corrected chi connectivity index (χ0v) is 37.2. The molecule has 324 valence electrons. The molecule has 0 saturated carbocycles. The third-order valence-corrected chi connectivity index (χ3v) is 13.2. The molecular weight excluding hydrogens is 833 g/mol. The minimum atomic E-state index is -0.0798. The monoisotopic (exact) mass is 876 g/mol. The van der Waals surface area contributed by atoms with Gasteiger partial charge < -0.3 is 0 Å². The van der Waals surface area contributed by atoms with Crippen molar-refractivity contribution >= 4 is 67.7 Å². The first kappa shape index (κ1) is 42.1. The Morgan fingerprint density at radius 3 is 0.559 bits per heavy atom. The Kier molecular flexibility index (Phi) is 11.1. The molecule has 0 amide bonds. The molecular formula is C64H44O4. The molecule has 0 N–H and O–H groups in total. The molecule has 0 saturated heterocycles. The van der Waals surface area contributed by atoms with Crippen LogP contribution in [-0.4, -0.2) is 23.1 Å². The van der Waals surface area contributed by atoms with Gasteiger partial charge in [-0.3, -0.25) is 19.2 Å². The van der Waals surface area contributed by atoms with Crippen LogP contribution in [0, 0.1) is 0 Å². The molecule has 68 heavy (non-hydrogen) atoms. The van der Waals surface area contributed by atoms with Gasteiger partial charge in [0, 0.05) is 70.3 Å². The van der Waals surface area contributed by atoms with E-state index in [1.165, 1.54) is 0 Å². The van der Waals surface area contributed by atoms with Gasteiger partial charge >= 0.3 is 0 Å². The molecule has 0 aliphatic heterocycles. The van der Waals surface area contributed by atoms with Gasteiger partial charge in [-0.1, -0.05) is 218 Å². The van der Waals surface area contributed by atoms with Crippen LogP contribution in [0.25, 0.3) is 44.6 Å². The Balaban J connectivity index is 1.03. The summed E-state index contributed by atoms with van der Waals surface area (Å²) in [6, 6.07) is 71.4. The molecule has 0 spiro atoms. The third kappa shape index (κ3) is 7.97. The minimum absolute atomic E-state index is 0.0557. The Hall–Kier alpha value is -8.60. The van der Waals surface area contributed by atoms with E-state index in [1.54, 1.807) is 0 Å². The summed E-state index contributed by atoms with van der Waals surface area (Å²) in [6.07, 6.45) is 0.899. The lowest BCUT2D eigenvalue weighted by Gasteiger charge is -2.14. The largest absolute Gasteiger partial charge is 0.299 e. The molecule has 8 aromatic carbocycles. The van der Waals surface area contributed by atoms with Gasteiger partial charge in [-0.25, -0.2) is 0 Å². The van der Waals surface area contributed by atoms with Gasteiger partial charge in [-0.2, -0.15) is 0 Å². The quantitative estimate of drug-likeness (QED) is 0.177. The second-order valence-electron chi connectivity index (χ2n) is 17.7. The Morgan fingerprint density at radius 2 is 0.368 bits per heavy atom. The number of benzene rings is 8. The number of hydrogen-bond donors (Lipinski definition) is 0. The van der Waals surface area contributed by atoms with Crippen molar-refractivity contribution in [2.24, 2.45) is 0 Å². The van der Waals surface area contributed by atoms with Crippen LogP contribution in [0.3, 0.4) is 0 Å². The highest BCUT2D eigenvalue weighted by molar-refractivity contribution is 6.60. The summed E-state index contributed by atoms with van der Waals surface area (Å²) in [7, 11) is 0. The van der Waals surface area contributed by atoms with Crippen LogP contribution >= 0.6 is 0 Å². The SMILES string of the molecule is O=C1Cc2ccc(cc2)C2=C(c3ccccc3)C(c3ccccc3)=C(C2=O)c2ccc(cc2)CC(=O)Cc2ccc(cc2)C2=C(c3ccccc3)C(c3ccccc3)=C(C2=O)c2ccc(cc2)C1. The van der Waals surface area contributed by atoms with E-state index in [4.69, 9.17) is 0 Å². The zero-order valence-electron chi connectivity index (χ0n) is 37.2. The van der Waals surface area contributed by atoms with Crippen LogP contribution in [0.4, 0.5) is 0 Å². The maximum absolute atomic E-state index is 15.1. The molecule has 0 heterocycles. The third-order valence-electron chi connectivity index (χ3n) is 13.2. The standard InChI is InChI=1S/C64H44O4/c65-53-37-41-21-29-49(30-22-41)59-55(45-13-5-1-6-14-45)56(46-15-7-2-8-16-46)60(63(59)67)50-31-23-42(24-32-50)38-54(66)40-44-27-35-52(36-28-44)62-58(48-19-11-4-12-20-48)57(47-17-9-3-10-18-47)61(64(62)68)51-33-25-43(39-53)26-34-51/h1-36H,37-40H2. The fourth-order valence-electron chi connectivity index (χ4n) is 10.1. The average molecular weight is 877 g/mol. The van der Waals surface area contributed by atoms with E-state index in [9.17, 15) is 9.59 Å². The van der Waals surface area contributed by atoms with E-state index in [2.05, 4.69) is 0 Å². The molecule has 17 rings (SSSR count).